The third-order valence-corrected chi connectivity index (χ3v) is 10.2. The molecule has 0 saturated carbocycles. The fourth-order valence-corrected chi connectivity index (χ4v) is 7.07. The fraction of sp³-hybridized carbons (Fsp3) is 0.381. The van der Waals surface area contributed by atoms with Crippen molar-refractivity contribution >= 4 is 28.9 Å². The number of aliphatic hydroxyl groups is 4. The van der Waals surface area contributed by atoms with E-state index < -0.39 is 6.17 Å². The van der Waals surface area contributed by atoms with E-state index in [2.05, 4.69) is 15.8 Å². The van der Waals surface area contributed by atoms with Crippen LogP contribution in [0.25, 0.3) is 0 Å². The Morgan fingerprint density at radius 1 is 0.727 bits per heavy atom. The first kappa shape index (κ1) is 39.8. The number of unbranched alkanes of at least 4 members (excludes halogenated alkanes) is 5. The van der Waals surface area contributed by atoms with Crippen molar-refractivity contribution in [2.45, 2.75) is 83.6 Å². The molecule has 2 unspecified atom stereocenters. The predicted molar refractivity (Wildman–Crippen MR) is 209 cm³/mol. The van der Waals surface area contributed by atoms with Crippen molar-refractivity contribution in [2.24, 2.45) is 5.16 Å². The van der Waals surface area contributed by atoms with Crippen LogP contribution in [0.5, 0.6) is 17.2 Å². The van der Waals surface area contributed by atoms with E-state index >= 15 is 0 Å². The molecule has 2 heterocycles. The van der Waals surface area contributed by atoms with Gasteiger partial charge in [0.2, 0.25) is 0 Å². The van der Waals surface area contributed by atoms with E-state index in [1.165, 1.54) is 0 Å². The van der Waals surface area contributed by atoms with Crippen LogP contribution in [0.3, 0.4) is 0 Å². The third-order valence-electron chi connectivity index (χ3n) is 9.94. The Kier molecular flexibility index (Phi) is 13.9. The lowest BCUT2D eigenvalue weighted by Crippen LogP contribution is -2.38. The molecule has 12 nitrogen and oxygen atoms in total. The number of nitrogens with zero attached hydrogens (tertiary/aromatic N) is 1. The highest BCUT2D eigenvalue weighted by atomic mass is 35.5. The molecular formula is C42H48ClN3O9. The molecule has 0 bridgehead atoms. The number of carbonyl (C=O) groups excluding carboxylic acids is 1. The zero-order chi connectivity index (χ0) is 38.7. The summed E-state index contributed by atoms with van der Waals surface area (Å²) in [6.07, 6.45) is 5.67. The maximum Gasteiger partial charge on any atom is 0.255 e. The van der Waals surface area contributed by atoms with Gasteiger partial charge in [-0.3, -0.25) is 4.79 Å². The molecule has 0 aliphatic carbocycles. The maximum absolute atomic E-state index is 12.6. The van der Waals surface area contributed by atoms with Gasteiger partial charge in [0.1, 0.15) is 11.9 Å². The first-order chi connectivity index (χ1) is 26.8. The second-order valence-electron chi connectivity index (χ2n) is 13.6. The van der Waals surface area contributed by atoms with Gasteiger partial charge in [0.25, 0.3) is 5.91 Å². The molecule has 1 amide bonds. The highest BCUT2D eigenvalue weighted by molar-refractivity contribution is 6.31. The van der Waals surface area contributed by atoms with Gasteiger partial charge in [-0.2, -0.15) is 0 Å². The molecule has 292 valence electrons. The van der Waals surface area contributed by atoms with Crippen molar-refractivity contribution in [1.82, 2.24) is 5.32 Å². The summed E-state index contributed by atoms with van der Waals surface area (Å²) in [6.45, 7) is 0.109. The van der Waals surface area contributed by atoms with E-state index in [0.717, 1.165) is 55.2 Å². The van der Waals surface area contributed by atoms with Crippen LogP contribution < -0.4 is 24.8 Å². The summed E-state index contributed by atoms with van der Waals surface area (Å²) < 4.78 is 17.7. The van der Waals surface area contributed by atoms with Crippen LogP contribution in [0.15, 0.2) is 71.9 Å². The van der Waals surface area contributed by atoms with E-state index in [1.54, 1.807) is 37.4 Å². The Bertz CT molecular complexity index is 1960. The standard InChI is InChI=1S/C42H48ClN3O9/c1-52-38-13-8-26(39-21-36(46-55-39)28-17-29(22-47)34(25-50)30(18-28)23-48)19-40(38)54-15-7-5-3-2-4-6-14-53-37-12-9-27(16-31(37)24-49)41-44-35-11-10-32(43)20-33(35)42(51)45-41/h8-13,16-20,39,41,44,47-50H,2-7,14-15,21-25H2,1H3,(H,45,51). The average Bonchev–Trinajstić information content (AvgIpc) is 3.71. The van der Waals surface area contributed by atoms with Crippen molar-refractivity contribution in [1.29, 1.82) is 0 Å². The van der Waals surface area contributed by atoms with Crippen LogP contribution in [0.4, 0.5) is 5.69 Å². The Hall–Kier alpha value is -4.85. The minimum absolute atomic E-state index is 0.181. The molecule has 2 aliphatic rings. The van der Waals surface area contributed by atoms with Gasteiger partial charge in [-0.25, -0.2) is 0 Å². The zero-order valence-electron chi connectivity index (χ0n) is 30.9. The summed E-state index contributed by atoms with van der Waals surface area (Å²) in [5.74, 6) is 1.69. The van der Waals surface area contributed by atoms with E-state index in [4.69, 9.17) is 30.6 Å². The molecule has 4 aromatic rings. The monoisotopic (exact) mass is 773 g/mol. The molecule has 0 aromatic heterocycles. The number of halogens is 1. The van der Waals surface area contributed by atoms with Gasteiger partial charge in [-0.15, -0.1) is 0 Å². The van der Waals surface area contributed by atoms with Gasteiger partial charge in [0, 0.05) is 28.3 Å². The molecule has 6 rings (SSSR count). The second-order valence-corrected chi connectivity index (χ2v) is 14.0. The quantitative estimate of drug-likeness (QED) is 0.0555. The maximum atomic E-state index is 12.6. The molecule has 0 fully saturated rings. The van der Waals surface area contributed by atoms with Crippen molar-refractivity contribution in [3.63, 3.8) is 0 Å². The normalized spacial score (nSPS) is 16.1. The number of anilines is 1. The number of oxime groups is 1. The topological polar surface area (TPSA) is 171 Å². The van der Waals surface area contributed by atoms with Gasteiger partial charge in [0.05, 0.1) is 58.0 Å². The van der Waals surface area contributed by atoms with Crippen molar-refractivity contribution in [3.8, 4) is 17.2 Å². The predicted octanol–water partition coefficient (Wildman–Crippen LogP) is 6.84. The summed E-state index contributed by atoms with van der Waals surface area (Å²) >= 11 is 6.05. The van der Waals surface area contributed by atoms with E-state index in [-0.39, 0.29) is 38.4 Å². The fourth-order valence-electron chi connectivity index (χ4n) is 6.90. The minimum atomic E-state index is -0.442. The van der Waals surface area contributed by atoms with Crippen LogP contribution in [-0.4, -0.2) is 52.4 Å². The van der Waals surface area contributed by atoms with Crippen LogP contribution in [0, 0.1) is 0 Å². The number of methoxy groups -OCH3 is 1. The Labute approximate surface area is 325 Å². The van der Waals surface area contributed by atoms with Crippen LogP contribution >= 0.6 is 11.6 Å². The van der Waals surface area contributed by atoms with Crippen molar-refractivity contribution in [2.75, 3.05) is 25.6 Å². The molecule has 0 saturated heterocycles. The van der Waals surface area contributed by atoms with Crippen LogP contribution in [0.2, 0.25) is 5.02 Å². The number of amides is 1. The van der Waals surface area contributed by atoms with Gasteiger partial charge >= 0.3 is 0 Å². The molecule has 4 aromatic carbocycles. The highest BCUT2D eigenvalue weighted by Crippen LogP contribution is 2.37. The smallest absolute Gasteiger partial charge is 0.255 e. The van der Waals surface area contributed by atoms with E-state index in [1.807, 2.05) is 36.4 Å². The summed E-state index contributed by atoms with van der Waals surface area (Å²) in [7, 11) is 1.61. The van der Waals surface area contributed by atoms with E-state index in [0.29, 0.717) is 81.1 Å². The number of ether oxygens (including phenoxy) is 3. The van der Waals surface area contributed by atoms with Gasteiger partial charge < -0.3 is 50.1 Å². The number of aliphatic hydroxyl groups excluding tert-OH is 4. The van der Waals surface area contributed by atoms with Crippen LogP contribution in [-0.2, 0) is 31.3 Å². The number of hydrogen-bond donors (Lipinski definition) is 6. The Morgan fingerprint density at radius 2 is 1.38 bits per heavy atom. The third kappa shape index (κ3) is 9.70. The molecule has 2 atom stereocenters. The van der Waals surface area contributed by atoms with E-state index in [9.17, 15) is 25.2 Å². The number of nitrogens with one attached hydrogen (secondary N) is 2. The van der Waals surface area contributed by atoms with Gasteiger partial charge in [-0.1, -0.05) is 54.6 Å². The first-order valence-electron chi connectivity index (χ1n) is 18.6. The van der Waals surface area contributed by atoms with Crippen LogP contribution in [0.1, 0.15) is 107 Å². The number of hydrogen-bond acceptors (Lipinski definition) is 11. The Morgan fingerprint density at radius 3 is 2.05 bits per heavy atom. The van der Waals surface area contributed by atoms with Gasteiger partial charge in [-0.05, 0) is 95.3 Å². The molecule has 2 aliphatic heterocycles. The number of rotatable bonds is 19. The van der Waals surface area contributed by atoms with Crippen molar-refractivity contribution in [3.05, 3.63) is 116 Å². The molecule has 13 heteroatoms. The lowest BCUT2D eigenvalue weighted by Gasteiger charge is -2.28. The summed E-state index contributed by atoms with van der Waals surface area (Å²) in [6, 6.07) is 20.0. The second kappa shape index (κ2) is 19.1. The summed E-state index contributed by atoms with van der Waals surface area (Å²) in [5, 5.41) is 50.4. The number of benzene rings is 4. The highest BCUT2D eigenvalue weighted by Gasteiger charge is 2.27. The number of carbonyl (C=O) groups is 1. The Balaban J connectivity index is 0.900. The number of fused-ring (bicyclic) bond motifs is 1. The van der Waals surface area contributed by atoms with Gasteiger partial charge in [0.15, 0.2) is 17.6 Å². The average molecular weight is 774 g/mol. The minimum Gasteiger partial charge on any atom is -0.493 e. The SMILES string of the molecule is COc1ccc(C2CC(c3cc(CO)c(CO)c(CO)c3)=NO2)cc1OCCCCCCCCOc1ccc(C2NC(=O)c3cc(Cl)ccc3N2)cc1CO. The summed E-state index contributed by atoms with van der Waals surface area (Å²) in [4.78, 5) is 18.4. The molecule has 6 N–H and O–H groups in total. The molecule has 0 radical (unpaired) electrons. The first-order valence-corrected chi connectivity index (χ1v) is 19.0. The summed E-state index contributed by atoms with van der Waals surface area (Å²) in [5.41, 5.74) is 6.59. The molecule has 55 heavy (non-hydrogen) atoms. The molecular weight excluding hydrogens is 726 g/mol. The molecule has 0 spiro atoms. The van der Waals surface area contributed by atoms with Crippen molar-refractivity contribution < 1.29 is 44.3 Å². The zero-order valence-corrected chi connectivity index (χ0v) is 31.6. The largest absolute Gasteiger partial charge is 0.493 e. The lowest BCUT2D eigenvalue weighted by atomic mass is 9.94. The lowest BCUT2D eigenvalue weighted by molar-refractivity contribution is 0.0854.